The Bertz CT molecular complexity index is 470. The predicted molar refractivity (Wildman–Crippen MR) is 55.9 cm³/mol. The summed E-state index contributed by atoms with van der Waals surface area (Å²) in [5.41, 5.74) is 1.06. The van der Waals surface area contributed by atoms with Crippen LogP contribution in [0.25, 0.3) is 10.9 Å². The monoisotopic (exact) mass is 283 g/mol. The standard InChI is InChI=1S/C9H7N.Fe.H2O4S/c1-2-6-9-8(4-1)5-3-7-10-9;;1-5(2,3)4/h1-7H;;(H2,1,2,3,4). The van der Waals surface area contributed by atoms with E-state index in [1.54, 1.807) is 0 Å². The van der Waals surface area contributed by atoms with Gasteiger partial charge in [-0.2, -0.15) is 8.42 Å². The van der Waals surface area contributed by atoms with Gasteiger partial charge < -0.3 is 0 Å². The van der Waals surface area contributed by atoms with Crippen molar-refractivity contribution >= 4 is 21.3 Å². The quantitative estimate of drug-likeness (QED) is 0.566. The minimum Gasteiger partial charge on any atom is -0.264 e. The fourth-order valence-electron chi connectivity index (χ4n) is 1.02. The van der Waals surface area contributed by atoms with Crippen molar-refractivity contribution in [3.05, 3.63) is 42.6 Å². The van der Waals surface area contributed by atoms with Gasteiger partial charge in [0, 0.05) is 28.7 Å². The third-order valence-electron chi connectivity index (χ3n) is 1.51. The van der Waals surface area contributed by atoms with E-state index >= 15 is 0 Å². The van der Waals surface area contributed by atoms with Crippen LogP contribution in [0, 0.1) is 0 Å². The van der Waals surface area contributed by atoms with E-state index in [4.69, 9.17) is 17.5 Å². The molecule has 2 aromatic rings. The van der Waals surface area contributed by atoms with Crippen molar-refractivity contribution < 1.29 is 34.6 Å². The van der Waals surface area contributed by atoms with E-state index in [0.717, 1.165) is 5.52 Å². The van der Waals surface area contributed by atoms with Crippen LogP contribution < -0.4 is 0 Å². The van der Waals surface area contributed by atoms with E-state index < -0.39 is 10.4 Å². The number of nitrogens with zero attached hydrogens (tertiary/aromatic N) is 1. The largest absolute Gasteiger partial charge is 0.394 e. The molecular weight excluding hydrogens is 274 g/mol. The van der Waals surface area contributed by atoms with Gasteiger partial charge in [0.05, 0.1) is 5.52 Å². The molecule has 2 rings (SSSR count). The number of para-hydroxylation sites is 1. The molecule has 0 aliphatic rings. The Kier molecular flexibility index (Phi) is 6.17. The molecule has 1 aromatic heterocycles. The maximum Gasteiger partial charge on any atom is 0.394 e. The number of pyridine rings is 1. The van der Waals surface area contributed by atoms with Crippen molar-refractivity contribution in [1.82, 2.24) is 4.98 Å². The maximum absolute atomic E-state index is 8.74. The van der Waals surface area contributed by atoms with E-state index in [0.29, 0.717) is 0 Å². The van der Waals surface area contributed by atoms with Gasteiger partial charge in [-0.05, 0) is 12.1 Å². The van der Waals surface area contributed by atoms with Crippen LogP contribution >= 0.6 is 0 Å². The molecule has 0 aliphatic heterocycles. The van der Waals surface area contributed by atoms with Crippen molar-refractivity contribution in [2.24, 2.45) is 0 Å². The predicted octanol–water partition coefficient (Wildman–Crippen LogP) is 1.58. The molecule has 2 N–H and O–H groups in total. The van der Waals surface area contributed by atoms with Crippen LogP contribution in [0.1, 0.15) is 0 Å². The van der Waals surface area contributed by atoms with Crippen LogP contribution in [0.2, 0.25) is 0 Å². The van der Waals surface area contributed by atoms with Gasteiger partial charge in [-0.25, -0.2) is 0 Å². The first-order valence-electron chi connectivity index (χ1n) is 3.96. The number of hydrogen-bond acceptors (Lipinski definition) is 3. The molecule has 0 saturated heterocycles. The first kappa shape index (κ1) is 15.0. The number of fused-ring (bicyclic) bond motifs is 1. The van der Waals surface area contributed by atoms with Crippen LogP contribution in [0.3, 0.4) is 0 Å². The van der Waals surface area contributed by atoms with Crippen molar-refractivity contribution in [3.63, 3.8) is 0 Å². The molecule has 0 saturated carbocycles. The van der Waals surface area contributed by atoms with E-state index in [1.165, 1.54) is 5.39 Å². The Morgan fingerprint density at radius 2 is 1.50 bits per heavy atom. The Hall–Kier alpha value is -0.981. The molecule has 1 heterocycles. The number of hydrogen-bond donors (Lipinski definition) is 2. The Labute approximate surface area is 104 Å². The summed E-state index contributed by atoms with van der Waals surface area (Å²) in [6.45, 7) is 0. The maximum atomic E-state index is 8.74. The average Bonchev–Trinajstić information content (AvgIpc) is 2.16. The van der Waals surface area contributed by atoms with Gasteiger partial charge in [0.25, 0.3) is 0 Å². The summed E-state index contributed by atoms with van der Waals surface area (Å²) in [4.78, 5) is 4.18. The topological polar surface area (TPSA) is 87.5 Å². The first-order chi connectivity index (χ1) is 6.97. The summed E-state index contributed by atoms with van der Waals surface area (Å²) < 4.78 is 31.6. The third-order valence-corrected chi connectivity index (χ3v) is 1.51. The summed E-state index contributed by atoms with van der Waals surface area (Å²) in [5, 5.41) is 1.20. The van der Waals surface area contributed by atoms with Crippen LogP contribution in [-0.4, -0.2) is 22.5 Å². The molecule has 7 heteroatoms. The van der Waals surface area contributed by atoms with Crippen molar-refractivity contribution in [2.75, 3.05) is 0 Å². The Balaban J connectivity index is 0.000000330. The third kappa shape index (κ3) is 6.49. The Morgan fingerprint density at radius 1 is 1.00 bits per heavy atom. The first-order valence-corrected chi connectivity index (χ1v) is 5.36. The molecule has 0 aliphatic carbocycles. The van der Waals surface area contributed by atoms with Crippen LogP contribution in [-0.2, 0) is 27.5 Å². The zero-order chi connectivity index (χ0) is 11.3. The molecule has 0 unspecified atom stereocenters. The zero-order valence-corrected chi connectivity index (χ0v) is 9.88. The van der Waals surface area contributed by atoms with Crippen molar-refractivity contribution in [3.8, 4) is 0 Å². The second-order valence-corrected chi connectivity index (χ2v) is 3.54. The molecule has 16 heavy (non-hydrogen) atoms. The molecule has 0 fully saturated rings. The molecule has 0 bridgehead atoms. The second kappa shape index (κ2) is 6.57. The van der Waals surface area contributed by atoms with Gasteiger partial charge >= 0.3 is 10.4 Å². The molecule has 0 amide bonds. The van der Waals surface area contributed by atoms with Gasteiger partial charge in [0.1, 0.15) is 0 Å². The number of aromatic nitrogens is 1. The second-order valence-electron chi connectivity index (χ2n) is 2.64. The van der Waals surface area contributed by atoms with Gasteiger partial charge in [0.2, 0.25) is 0 Å². The van der Waals surface area contributed by atoms with Crippen molar-refractivity contribution in [1.29, 1.82) is 0 Å². The fourth-order valence-corrected chi connectivity index (χ4v) is 1.02. The minimum atomic E-state index is -4.67. The van der Waals surface area contributed by atoms with E-state index in [1.807, 2.05) is 30.5 Å². The van der Waals surface area contributed by atoms with Gasteiger partial charge in [-0.15, -0.1) is 0 Å². The van der Waals surface area contributed by atoms with Crippen LogP contribution in [0.5, 0.6) is 0 Å². The Morgan fingerprint density at radius 3 is 2.06 bits per heavy atom. The van der Waals surface area contributed by atoms with E-state index in [2.05, 4.69) is 17.1 Å². The summed E-state index contributed by atoms with van der Waals surface area (Å²) in [5.74, 6) is 0. The number of rotatable bonds is 0. The molecule has 0 atom stereocenters. The minimum absolute atomic E-state index is 0. The number of benzene rings is 1. The smallest absolute Gasteiger partial charge is 0.264 e. The molecule has 0 radical (unpaired) electrons. The molecule has 0 spiro atoms. The van der Waals surface area contributed by atoms with Gasteiger partial charge in [0.15, 0.2) is 0 Å². The SMILES string of the molecule is O=S(=O)(O)O.[Fe].c1ccc2ncccc2c1. The molecule has 5 nitrogen and oxygen atoms in total. The molecular formula is C9H9FeNO4S. The van der Waals surface area contributed by atoms with Gasteiger partial charge in [-0.3, -0.25) is 14.1 Å². The van der Waals surface area contributed by atoms with Crippen LogP contribution in [0.15, 0.2) is 42.6 Å². The van der Waals surface area contributed by atoms with Crippen molar-refractivity contribution in [2.45, 2.75) is 0 Å². The average molecular weight is 283 g/mol. The van der Waals surface area contributed by atoms with Crippen LogP contribution in [0.4, 0.5) is 0 Å². The van der Waals surface area contributed by atoms with E-state index in [9.17, 15) is 0 Å². The summed E-state index contributed by atoms with van der Waals surface area (Å²) in [6, 6.07) is 12.1. The summed E-state index contributed by atoms with van der Waals surface area (Å²) in [6.07, 6.45) is 1.81. The fraction of sp³-hybridized carbons (Fsp3) is 0. The normalized spacial score (nSPS) is 9.88. The summed E-state index contributed by atoms with van der Waals surface area (Å²) >= 11 is 0. The molecule has 88 valence electrons. The summed E-state index contributed by atoms with van der Waals surface area (Å²) in [7, 11) is -4.67. The van der Waals surface area contributed by atoms with Gasteiger partial charge in [-0.1, -0.05) is 24.3 Å². The molecule has 1 aromatic carbocycles. The van der Waals surface area contributed by atoms with E-state index in [-0.39, 0.29) is 17.1 Å². The zero-order valence-electron chi connectivity index (χ0n) is 7.96.